The minimum atomic E-state index is -2.49. The van der Waals surface area contributed by atoms with E-state index in [4.69, 9.17) is 0 Å². The maximum absolute atomic E-state index is 12.6. The number of halogens is 2. The van der Waals surface area contributed by atoms with Crippen LogP contribution in [0.25, 0.3) is 0 Å². The van der Waals surface area contributed by atoms with Crippen molar-refractivity contribution in [2.24, 2.45) is 5.92 Å². The first kappa shape index (κ1) is 13.1. The lowest BCUT2D eigenvalue weighted by Gasteiger charge is -2.34. The molecule has 0 spiro atoms. The number of urea groups is 1. The molecule has 0 aromatic carbocycles. The van der Waals surface area contributed by atoms with E-state index in [0.29, 0.717) is 18.1 Å². The lowest BCUT2D eigenvalue weighted by Crippen LogP contribution is -2.38. The van der Waals surface area contributed by atoms with Gasteiger partial charge < -0.3 is 5.32 Å². The summed E-state index contributed by atoms with van der Waals surface area (Å²) in [4.78, 5) is 11.4. The third kappa shape index (κ3) is 3.59. The van der Waals surface area contributed by atoms with Gasteiger partial charge in [-0.25, -0.2) is 13.6 Å². The van der Waals surface area contributed by atoms with Crippen molar-refractivity contribution < 1.29 is 13.6 Å². The van der Waals surface area contributed by atoms with Gasteiger partial charge in [-0.15, -0.1) is 10.2 Å². The second-order valence-corrected chi connectivity index (χ2v) is 5.61. The fourth-order valence-corrected chi connectivity index (χ4v) is 2.45. The highest BCUT2D eigenvalue weighted by atomic mass is 32.1. The van der Waals surface area contributed by atoms with Crippen molar-refractivity contribution in [3.63, 3.8) is 0 Å². The molecule has 1 aliphatic rings. The molecule has 1 aromatic rings. The van der Waals surface area contributed by atoms with Crippen LogP contribution in [0.15, 0.2) is 0 Å². The summed E-state index contributed by atoms with van der Waals surface area (Å²) >= 11 is 1.28. The molecule has 18 heavy (non-hydrogen) atoms. The number of aromatic nitrogens is 2. The van der Waals surface area contributed by atoms with Crippen LogP contribution in [-0.2, 0) is 0 Å². The first-order valence-corrected chi connectivity index (χ1v) is 6.49. The van der Waals surface area contributed by atoms with Crippen molar-refractivity contribution in [3.05, 3.63) is 5.01 Å². The first-order valence-electron chi connectivity index (χ1n) is 5.67. The summed E-state index contributed by atoms with van der Waals surface area (Å²) in [5, 5.41) is 13.8. The SMILES string of the molecule is Cc1nnc(NC(=O)NCCC2CC(F)(F)C2)s1. The lowest BCUT2D eigenvalue weighted by atomic mass is 9.79. The molecule has 0 atom stereocenters. The highest BCUT2D eigenvalue weighted by molar-refractivity contribution is 7.15. The van der Waals surface area contributed by atoms with Gasteiger partial charge >= 0.3 is 6.03 Å². The molecule has 0 saturated heterocycles. The van der Waals surface area contributed by atoms with Crippen LogP contribution in [0.2, 0.25) is 0 Å². The third-order valence-electron chi connectivity index (χ3n) is 2.76. The summed E-state index contributed by atoms with van der Waals surface area (Å²) in [6.07, 6.45) is 0.454. The second kappa shape index (κ2) is 5.13. The van der Waals surface area contributed by atoms with Gasteiger partial charge in [-0.2, -0.15) is 0 Å². The van der Waals surface area contributed by atoms with Crippen LogP contribution in [0, 0.1) is 12.8 Å². The Morgan fingerprint density at radius 1 is 1.50 bits per heavy atom. The summed E-state index contributed by atoms with van der Waals surface area (Å²) in [6, 6.07) is -0.378. The molecule has 100 valence electrons. The van der Waals surface area contributed by atoms with E-state index < -0.39 is 5.92 Å². The Morgan fingerprint density at radius 2 is 2.22 bits per heavy atom. The minimum Gasteiger partial charge on any atom is -0.338 e. The fourth-order valence-electron chi connectivity index (χ4n) is 1.87. The number of anilines is 1. The van der Waals surface area contributed by atoms with Gasteiger partial charge in [0.2, 0.25) is 11.1 Å². The number of carbonyl (C=O) groups is 1. The molecule has 5 nitrogen and oxygen atoms in total. The third-order valence-corrected chi connectivity index (χ3v) is 3.51. The van der Waals surface area contributed by atoms with Crippen LogP contribution >= 0.6 is 11.3 Å². The molecule has 2 N–H and O–H groups in total. The summed E-state index contributed by atoms with van der Waals surface area (Å²) in [5.41, 5.74) is 0. The number of nitrogens with zero attached hydrogens (tertiary/aromatic N) is 2. The highest BCUT2D eigenvalue weighted by Crippen LogP contribution is 2.43. The molecule has 1 saturated carbocycles. The molecule has 0 bridgehead atoms. The summed E-state index contributed by atoms with van der Waals surface area (Å²) in [7, 11) is 0. The smallest absolute Gasteiger partial charge is 0.321 e. The predicted octanol–water partition coefficient (Wildman–Crippen LogP) is 2.40. The van der Waals surface area contributed by atoms with Crippen LogP contribution in [0.5, 0.6) is 0 Å². The minimum absolute atomic E-state index is 0.0177. The zero-order valence-electron chi connectivity index (χ0n) is 9.87. The van der Waals surface area contributed by atoms with Crippen molar-refractivity contribution in [2.45, 2.75) is 32.1 Å². The number of aryl methyl sites for hydroxylation is 1. The molecule has 1 aromatic heterocycles. The number of nitrogens with one attached hydrogen (secondary N) is 2. The predicted molar refractivity (Wildman–Crippen MR) is 64.0 cm³/mol. The van der Waals surface area contributed by atoms with Crippen LogP contribution in [-0.4, -0.2) is 28.7 Å². The van der Waals surface area contributed by atoms with E-state index in [1.807, 2.05) is 0 Å². The molecule has 0 unspecified atom stereocenters. The molecule has 1 aliphatic carbocycles. The van der Waals surface area contributed by atoms with Crippen molar-refractivity contribution >= 4 is 22.5 Å². The van der Waals surface area contributed by atoms with E-state index in [0.717, 1.165) is 5.01 Å². The molecule has 1 fully saturated rings. The molecule has 2 amide bonds. The molecule has 8 heteroatoms. The van der Waals surface area contributed by atoms with Gasteiger partial charge in [0, 0.05) is 19.4 Å². The average molecular weight is 276 g/mol. The Labute approximate surface area is 107 Å². The number of carbonyl (C=O) groups excluding carboxylic acids is 1. The second-order valence-electron chi connectivity index (χ2n) is 4.43. The van der Waals surface area contributed by atoms with E-state index in [-0.39, 0.29) is 24.8 Å². The van der Waals surface area contributed by atoms with Gasteiger partial charge in [-0.3, -0.25) is 5.32 Å². The summed E-state index contributed by atoms with van der Waals surface area (Å²) < 4.78 is 25.1. The molecular weight excluding hydrogens is 262 g/mol. The zero-order valence-corrected chi connectivity index (χ0v) is 10.7. The molecule has 1 heterocycles. The average Bonchev–Trinajstić information content (AvgIpc) is 2.61. The van der Waals surface area contributed by atoms with Crippen molar-refractivity contribution in [1.29, 1.82) is 0 Å². The quantitative estimate of drug-likeness (QED) is 0.887. The van der Waals surface area contributed by atoms with Gasteiger partial charge in [0.15, 0.2) is 0 Å². The largest absolute Gasteiger partial charge is 0.338 e. The monoisotopic (exact) mass is 276 g/mol. The Morgan fingerprint density at radius 3 is 2.78 bits per heavy atom. The fraction of sp³-hybridized carbons (Fsp3) is 0.700. The molecule has 2 rings (SSSR count). The van der Waals surface area contributed by atoms with E-state index in [9.17, 15) is 13.6 Å². The molecular formula is C10H14F2N4OS. The van der Waals surface area contributed by atoms with E-state index >= 15 is 0 Å². The van der Waals surface area contributed by atoms with Crippen LogP contribution < -0.4 is 10.6 Å². The van der Waals surface area contributed by atoms with E-state index in [1.165, 1.54) is 11.3 Å². The van der Waals surface area contributed by atoms with Gasteiger partial charge in [-0.1, -0.05) is 11.3 Å². The van der Waals surface area contributed by atoms with Gasteiger partial charge in [-0.05, 0) is 19.3 Å². The number of rotatable bonds is 4. The van der Waals surface area contributed by atoms with E-state index in [2.05, 4.69) is 20.8 Å². The van der Waals surface area contributed by atoms with Crippen LogP contribution in [0.1, 0.15) is 24.3 Å². The molecule has 0 radical (unpaired) electrons. The van der Waals surface area contributed by atoms with Crippen LogP contribution in [0.4, 0.5) is 18.7 Å². The van der Waals surface area contributed by atoms with Crippen molar-refractivity contribution in [3.8, 4) is 0 Å². The number of hydrogen-bond acceptors (Lipinski definition) is 4. The topological polar surface area (TPSA) is 66.9 Å². The van der Waals surface area contributed by atoms with Gasteiger partial charge in [0.25, 0.3) is 0 Å². The number of alkyl halides is 2. The Balaban J connectivity index is 1.61. The maximum Gasteiger partial charge on any atom is 0.321 e. The van der Waals surface area contributed by atoms with E-state index in [1.54, 1.807) is 6.92 Å². The van der Waals surface area contributed by atoms with Crippen molar-refractivity contribution in [2.75, 3.05) is 11.9 Å². The Bertz CT molecular complexity index is 429. The lowest BCUT2D eigenvalue weighted by molar-refractivity contribution is -0.111. The number of amides is 2. The molecule has 0 aliphatic heterocycles. The van der Waals surface area contributed by atoms with Crippen LogP contribution in [0.3, 0.4) is 0 Å². The standard InChI is InChI=1S/C10H14F2N4OS/c1-6-15-16-9(18-6)14-8(17)13-3-2-7-4-10(11,12)5-7/h7H,2-5H2,1H3,(H2,13,14,16,17). The first-order chi connectivity index (χ1) is 8.44. The summed E-state index contributed by atoms with van der Waals surface area (Å²) in [5.74, 6) is -2.47. The highest BCUT2D eigenvalue weighted by Gasteiger charge is 2.44. The Hall–Kier alpha value is -1.31. The zero-order chi connectivity index (χ0) is 13.2. The van der Waals surface area contributed by atoms with Gasteiger partial charge in [0.1, 0.15) is 5.01 Å². The summed E-state index contributed by atoms with van der Waals surface area (Å²) in [6.45, 7) is 2.18. The van der Waals surface area contributed by atoms with Gasteiger partial charge in [0.05, 0.1) is 0 Å². The maximum atomic E-state index is 12.6. The Kier molecular flexibility index (Phi) is 3.74. The van der Waals surface area contributed by atoms with Crippen molar-refractivity contribution in [1.82, 2.24) is 15.5 Å². The normalized spacial score (nSPS) is 18.2. The number of hydrogen-bond donors (Lipinski definition) is 2.